The van der Waals surface area contributed by atoms with Gasteiger partial charge in [-0.15, -0.1) is 0 Å². The Labute approximate surface area is 168 Å². The topological polar surface area (TPSA) is 34.9 Å². The number of nitrogens with zero attached hydrogens (tertiary/aromatic N) is 2. The van der Waals surface area contributed by atoms with Gasteiger partial charge in [-0.2, -0.15) is 0 Å². The summed E-state index contributed by atoms with van der Waals surface area (Å²) in [6.45, 7) is 1.72. The van der Waals surface area contributed by atoms with Gasteiger partial charge >= 0.3 is 0 Å². The molecule has 0 fully saturated rings. The summed E-state index contributed by atoms with van der Waals surface area (Å²) < 4.78 is 29.2. The lowest BCUT2D eigenvalue weighted by atomic mass is 10.0. The highest BCUT2D eigenvalue weighted by Crippen LogP contribution is 2.33. The van der Waals surface area contributed by atoms with E-state index in [2.05, 4.69) is 4.98 Å². The minimum absolute atomic E-state index is 0.130. The third-order valence-electron chi connectivity index (χ3n) is 4.37. The Morgan fingerprint density at radius 2 is 1.68 bits per heavy atom. The number of aryl methyl sites for hydroxylation is 1. The van der Waals surface area contributed by atoms with Crippen molar-refractivity contribution in [2.24, 2.45) is 0 Å². The van der Waals surface area contributed by atoms with Gasteiger partial charge in [0.15, 0.2) is 0 Å². The quantitative estimate of drug-likeness (QED) is 0.404. The fourth-order valence-corrected chi connectivity index (χ4v) is 3.75. The van der Waals surface area contributed by atoms with E-state index in [1.807, 2.05) is 0 Å². The zero-order chi connectivity index (χ0) is 20.0. The summed E-state index contributed by atoms with van der Waals surface area (Å²) in [4.78, 5) is 17.1. The molecule has 0 atom stereocenters. The molecular weight excluding hydrogens is 405 g/mol. The van der Waals surface area contributed by atoms with Gasteiger partial charge in [0.2, 0.25) is 0 Å². The van der Waals surface area contributed by atoms with Crippen molar-refractivity contribution < 1.29 is 8.78 Å². The van der Waals surface area contributed by atoms with Gasteiger partial charge < -0.3 is 0 Å². The molecule has 0 radical (unpaired) electrons. The van der Waals surface area contributed by atoms with E-state index in [4.69, 9.17) is 23.2 Å². The Morgan fingerprint density at radius 3 is 2.36 bits per heavy atom. The van der Waals surface area contributed by atoms with Crippen LogP contribution < -0.4 is 5.56 Å². The molecule has 0 amide bonds. The summed E-state index contributed by atoms with van der Waals surface area (Å²) in [7, 11) is 0. The molecule has 0 aliphatic heterocycles. The number of hydrogen-bond donors (Lipinski definition) is 0. The molecule has 0 unspecified atom stereocenters. The molecule has 4 rings (SSSR count). The molecule has 140 valence electrons. The van der Waals surface area contributed by atoms with Crippen LogP contribution in [0.15, 0.2) is 59.4 Å². The maximum Gasteiger partial charge on any atom is 0.255 e. The van der Waals surface area contributed by atoms with E-state index < -0.39 is 11.6 Å². The van der Waals surface area contributed by atoms with Crippen molar-refractivity contribution >= 4 is 34.1 Å². The van der Waals surface area contributed by atoms with Crippen LogP contribution in [-0.2, 0) is 0 Å². The van der Waals surface area contributed by atoms with Crippen LogP contribution in [0.3, 0.4) is 0 Å². The van der Waals surface area contributed by atoms with Crippen molar-refractivity contribution in [3.05, 3.63) is 92.3 Å². The summed E-state index contributed by atoms with van der Waals surface area (Å²) in [5.74, 6) is -1.43. The standard InChI is InChI=1S/C21H12Cl2F2N2O/c1-11-9-18-14(20(26-11)13-6-5-12(24)10-17(13)25)7-8-19(28)27(18)21-15(22)3-2-4-16(21)23/h2-10H,1H3. The van der Waals surface area contributed by atoms with Gasteiger partial charge in [0, 0.05) is 28.8 Å². The van der Waals surface area contributed by atoms with Gasteiger partial charge in [0.1, 0.15) is 11.6 Å². The average molecular weight is 417 g/mol. The Balaban J connectivity index is 2.14. The van der Waals surface area contributed by atoms with Crippen LogP contribution in [0, 0.1) is 18.6 Å². The minimum Gasteiger partial charge on any atom is -0.274 e. The van der Waals surface area contributed by atoms with Crippen LogP contribution >= 0.6 is 23.2 Å². The third kappa shape index (κ3) is 3.07. The van der Waals surface area contributed by atoms with Crippen molar-refractivity contribution in [2.45, 2.75) is 6.92 Å². The summed E-state index contributed by atoms with van der Waals surface area (Å²) in [5, 5.41) is 1.10. The Kier molecular flexibility index (Phi) is 4.65. The number of hydrogen-bond acceptors (Lipinski definition) is 2. The van der Waals surface area contributed by atoms with E-state index in [1.54, 1.807) is 37.3 Å². The predicted octanol–water partition coefficient (Wildman–Crippen LogP) is 5.95. The molecule has 0 bridgehead atoms. The summed E-state index contributed by atoms with van der Waals surface area (Å²) in [5.41, 5.74) is 1.42. The summed E-state index contributed by atoms with van der Waals surface area (Å²) >= 11 is 12.6. The number of rotatable bonds is 2. The zero-order valence-corrected chi connectivity index (χ0v) is 16.0. The smallest absolute Gasteiger partial charge is 0.255 e. The minimum atomic E-state index is -0.743. The highest BCUT2D eigenvalue weighted by atomic mass is 35.5. The van der Waals surface area contributed by atoms with E-state index in [9.17, 15) is 13.6 Å². The van der Waals surface area contributed by atoms with E-state index in [0.717, 1.165) is 12.1 Å². The normalized spacial score (nSPS) is 11.2. The summed E-state index contributed by atoms with van der Waals surface area (Å²) in [6, 6.07) is 12.8. The van der Waals surface area contributed by atoms with Crippen LogP contribution in [-0.4, -0.2) is 9.55 Å². The summed E-state index contributed by atoms with van der Waals surface area (Å²) in [6.07, 6.45) is 0. The lowest BCUT2D eigenvalue weighted by Crippen LogP contribution is -2.18. The maximum absolute atomic E-state index is 14.4. The van der Waals surface area contributed by atoms with E-state index in [1.165, 1.54) is 16.7 Å². The lowest BCUT2D eigenvalue weighted by Gasteiger charge is -2.16. The SMILES string of the molecule is Cc1cc2c(ccc(=O)n2-c2c(Cl)cccc2Cl)c(-c2ccc(F)cc2F)n1. The second-order valence-corrected chi connectivity index (χ2v) is 7.06. The highest BCUT2D eigenvalue weighted by molar-refractivity contribution is 6.37. The van der Waals surface area contributed by atoms with E-state index in [-0.39, 0.29) is 11.1 Å². The first-order valence-corrected chi connectivity index (χ1v) is 9.05. The number of para-hydroxylation sites is 1. The first kappa shape index (κ1) is 18.6. The number of benzene rings is 2. The molecule has 28 heavy (non-hydrogen) atoms. The molecule has 4 aromatic rings. The molecule has 0 saturated carbocycles. The molecule has 7 heteroatoms. The monoisotopic (exact) mass is 416 g/mol. The van der Waals surface area contributed by atoms with Crippen LogP contribution in [0.4, 0.5) is 8.78 Å². The van der Waals surface area contributed by atoms with Crippen molar-refractivity contribution in [3.63, 3.8) is 0 Å². The van der Waals surface area contributed by atoms with Gasteiger partial charge in [0.25, 0.3) is 5.56 Å². The molecule has 0 aliphatic carbocycles. The zero-order valence-electron chi connectivity index (χ0n) is 14.5. The fraction of sp³-hybridized carbons (Fsp3) is 0.0476. The Bertz CT molecular complexity index is 1280. The maximum atomic E-state index is 14.4. The number of aromatic nitrogens is 2. The molecule has 3 nitrogen and oxygen atoms in total. The number of halogens is 4. The Morgan fingerprint density at radius 1 is 0.964 bits per heavy atom. The van der Waals surface area contributed by atoms with Gasteiger partial charge in [-0.1, -0.05) is 29.3 Å². The van der Waals surface area contributed by atoms with Crippen LogP contribution in [0.1, 0.15) is 5.69 Å². The Hall–Kier alpha value is -2.76. The van der Waals surface area contributed by atoms with Gasteiger partial charge in [-0.05, 0) is 43.3 Å². The second-order valence-electron chi connectivity index (χ2n) is 6.25. The molecule has 2 aromatic carbocycles. The van der Waals surface area contributed by atoms with E-state index in [0.29, 0.717) is 38.0 Å². The first-order valence-electron chi connectivity index (χ1n) is 8.30. The largest absolute Gasteiger partial charge is 0.274 e. The molecule has 2 heterocycles. The molecule has 0 N–H and O–H groups in total. The molecule has 0 spiro atoms. The van der Waals surface area contributed by atoms with Crippen LogP contribution in [0.25, 0.3) is 27.8 Å². The average Bonchev–Trinajstić information content (AvgIpc) is 2.62. The predicted molar refractivity (Wildman–Crippen MR) is 107 cm³/mol. The fourth-order valence-electron chi connectivity index (χ4n) is 3.18. The third-order valence-corrected chi connectivity index (χ3v) is 4.98. The molecular formula is C21H12Cl2F2N2O. The molecule has 0 aliphatic rings. The highest BCUT2D eigenvalue weighted by Gasteiger charge is 2.18. The first-order chi connectivity index (χ1) is 13.4. The van der Waals surface area contributed by atoms with Gasteiger partial charge in [-0.25, -0.2) is 8.78 Å². The van der Waals surface area contributed by atoms with Crippen LogP contribution in [0.5, 0.6) is 0 Å². The van der Waals surface area contributed by atoms with Gasteiger partial charge in [0.05, 0.1) is 26.9 Å². The van der Waals surface area contributed by atoms with E-state index >= 15 is 0 Å². The number of pyridine rings is 2. The number of fused-ring (bicyclic) bond motifs is 1. The van der Waals surface area contributed by atoms with Crippen molar-refractivity contribution in [2.75, 3.05) is 0 Å². The second kappa shape index (κ2) is 7.00. The van der Waals surface area contributed by atoms with Gasteiger partial charge in [-0.3, -0.25) is 14.3 Å². The van der Waals surface area contributed by atoms with Crippen molar-refractivity contribution in [1.82, 2.24) is 9.55 Å². The van der Waals surface area contributed by atoms with Crippen molar-refractivity contribution in [3.8, 4) is 16.9 Å². The molecule has 2 aromatic heterocycles. The molecule has 0 saturated heterocycles. The van der Waals surface area contributed by atoms with Crippen LogP contribution in [0.2, 0.25) is 10.0 Å². The van der Waals surface area contributed by atoms with Crippen molar-refractivity contribution in [1.29, 1.82) is 0 Å². The lowest BCUT2D eigenvalue weighted by molar-refractivity contribution is 0.585.